The third-order valence-electron chi connectivity index (χ3n) is 2.45. The van der Waals surface area contributed by atoms with Gasteiger partial charge in [-0.2, -0.15) is 0 Å². The summed E-state index contributed by atoms with van der Waals surface area (Å²) in [5.74, 6) is -0.813. The quantitative estimate of drug-likeness (QED) is 0.431. The Balaban J connectivity index is 2.47. The molecule has 0 spiro atoms. The average molecular weight is 307 g/mol. The van der Waals surface area contributed by atoms with Crippen molar-refractivity contribution in [3.05, 3.63) is 33.1 Å². The summed E-state index contributed by atoms with van der Waals surface area (Å²) in [5.41, 5.74) is -0.148. The molecule has 0 bridgehead atoms. The highest BCUT2D eigenvalue weighted by atomic mass is 35.5. The van der Waals surface area contributed by atoms with Crippen molar-refractivity contribution in [3.8, 4) is 0 Å². The van der Waals surface area contributed by atoms with Gasteiger partial charge in [0.2, 0.25) is 0 Å². The molecule has 0 atom stereocenters. The van der Waals surface area contributed by atoms with Crippen LogP contribution in [0, 0.1) is 15.9 Å². The third-order valence-corrected chi connectivity index (χ3v) is 2.74. The molecule has 0 saturated carbocycles. The van der Waals surface area contributed by atoms with E-state index in [9.17, 15) is 14.5 Å². The third kappa shape index (κ3) is 5.28. The fraction of sp³-hybridized carbons (Fsp3) is 0.500. The molecule has 8 heteroatoms. The van der Waals surface area contributed by atoms with Crippen molar-refractivity contribution < 1.29 is 18.8 Å². The zero-order valence-corrected chi connectivity index (χ0v) is 11.8. The number of hydrogen-bond donors (Lipinski definition) is 1. The molecule has 0 aliphatic rings. The van der Waals surface area contributed by atoms with Crippen LogP contribution in [0.2, 0.25) is 5.02 Å². The van der Waals surface area contributed by atoms with Gasteiger partial charge in [-0.05, 0) is 12.5 Å². The van der Waals surface area contributed by atoms with Gasteiger partial charge >= 0.3 is 0 Å². The molecule has 0 aromatic heterocycles. The Bertz CT molecular complexity index is 459. The average Bonchev–Trinajstić information content (AvgIpc) is 2.41. The SMILES string of the molecule is COCCOCCCNc1cc(Cl)c(F)cc1[N+](=O)[O-]. The number of halogens is 2. The van der Waals surface area contributed by atoms with Crippen LogP contribution in [-0.2, 0) is 9.47 Å². The number of nitro groups is 1. The largest absolute Gasteiger partial charge is 0.382 e. The van der Waals surface area contributed by atoms with Gasteiger partial charge in [0.15, 0.2) is 0 Å². The fourth-order valence-electron chi connectivity index (χ4n) is 1.47. The maximum absolute atomic E-state index is 13.2. The summed E-state index contributed by atoms with van der Waals surface area (Å²) in [7, 11) is 1.59. The second-order valence-electron chi connectivity index (χ2n) is 3.93. The maximum Gasteiger partial charge on any atom is 0.295 e. The summed E-state index contributed by atoms with van der Waals surface area (Å²) in [6.07, 6.45) is 0.649. The van der Waals surface area contributed by atoms with Crippen LogP contribution in [-0.4, -0.2) is 38.4 Å². The Morgan fingerprint density at radius 2 is 2.15 bits per heavy atom. The number of ether oxygens (including phenoxy) is 2. The summed E-state index contributed by atoms with van der Waals surface area (Å²) in [4.78, 5) is 10.2. The summed E-state index contributed by atoms with van der Waals surface area (Å²) in [6, 6.07) is 2.01. The highest BCUT2D eigenvalue weighted by Crippen LogP contribution is 2.30. The molecule has 0 saturated heterocycles. The summed E-state index contributed by atoms with van der Waals surface area (Å²) >= 11 is 5.61. The van der Waals surface area contributed by atoms with Crippen molar-refractivity contribution in [2.75, 3.05) is 38.8 Å². The van der Waals surface area contributed by atoms with Crippen LogP contribution in [0.4, 0.5) is 15.8 Å². The summed E-state index contributed by atoms with van der Waals surface area (Å²) in [5, 5.41) is 13.5. The van der Waals surface area contributed by atoms with Crippen molar-refractivity contribution in [1.82, 2.24) is 0 Å². The second kappa shape index (κ2) is 8.68. The lowest BCUT2D eigenvalue weighted by Gasteiger charge is -2.08. The van der Waals surface area contributed by atoms with Crippen LogP contribution < -0.4 is 5.32 Å². The highest BCUT2D eigenvalue weighted by molar-refractivity contribution is 6.31. The van der Waals surface area contributed by atoms with Crippen LogP contribution in [0.3, 0.4) is 0 Å². The van der Waals surface area contributed by atoms with Gasteiger partial charge in [-0.15, -0.1) is 0 Å². The Morgan fingerprint density at radius 1 is 1.40 bits per heavy atom. The Morgan fingerprint density at radius 3 is 2.80 bits per heavy atom. The first-order chi connectivity index (χ1) is 9.56. The lowest BCUT2D eigenvalue weighted by Crippen LogP contribution is -2.09. The van der Waals surface area contributed by atoms with Crippen LogP contribution in [0.25, 0.3) is 0 Å². The fourth-order valence-corrected chi connectivity index (χ4v) is 1.63. The maximum atomic E-state index is 13.2. The molecule has 1 N–H and O–H groups in total. The van der Waals surface area contributed by atoms with Gasteiger partial charge in [0, 0.05) is 20.3 Å². The smallest absolute Gasteiger partial charge is 0.295 e. The first kappa shape index (κ1) is 16.6. The topological polar surface area (TPSA) is 73.6 Å². The molecule has 0 radical (unpaired) electrons. The summed E-state index contributed by atoms with van der Waals surface area (Å²) in [6.45, 7) is 1.97. The van der Waals surface area contributed by atoms with E-state index in [1.54, 1.807) is 7.11 Å². The molecule has 0 heterocycles. The van der Waals surface area contributed by atoms with Crippen molar-refractivity contribution >= 4 is 23.0 Å². The number of anilines is 1. The minimum absolute atomic E-state index is 0.158. The van der Waals surface area contributed by atoms with E-state index in [-0.39, 0.29) is 16.4 Å². The number of benzene rings is 1. The zero-order chi connectivity index (χ0) is 15.0. The number of rotatable bonds is 9. The van der Waals surface area contributed by atoms with E-state index in [1.807, 2.05) is 0 Å². The zero-order valence-electron chi connectivity index (χ0n) is 11.0. The van der Waals surface area contributed by atoms with Crippen LogP contribution in [0.5, 0.6) is 0 Å². The number of hydrogen-bond acceptors (Lipinski definition) is 5. The van der Waals surface area contributed by atoms with Crippen molar-refractivity contribution in [2.45, 2.75) is 6.42 Å². The molecule has 20 heavy (non-hydrogen) atoms. The van der Waals surface area contributed by atoms with Crippen molar-refractivity contribution in [2.24, 2.45) is 0 Å². The van der Waals surface area contributed by atoms with Gasteiger partial charge in [0.1, 0.15) is 11.5 Å². The predicted molar refractivity (Wildman–Crippen MR) is 73.9 cm³/mol. The molecule has 0 aliphatic carbocycles. The molecule has 1 rings (SSSR count). The normalized spacial score (nSPS) is 10.6. The van der Waals surface area contributed by atoms with Crippen LogP contribution in [0.1, 0.15) is 6.42 Å². The highest BCUT2D eigenvalue weighted by Gasteiger charge is 2.17. The predicted octanol–water partition coefficient (Wildman–Crippen LogP) is 2.85. The van der Waals surface area contributed by atoms with Crippen molar-refractivity contribution in [3.63, 3.8) is 0 Å². The van der Waals surface area contributed by atoms with E-state index >= 15 is 0 Å². The van der Waals surface area contributed by atoms with E-state index in [0.717, 1.165) is 6.07 Å². The Labute approximate surface area is 121 Å². The molecule has 112 valence electrons. The monoisotopic (exact) mass is 306 g/mol. The van der Waals surface area contributed by atoms with E-state index in [1.165, 1.54) is 6.07 Å². The standard InChI is InChI=1S/C12H16ClFN2O4/c1-19-5-6-20-4-2-3-15-11-7-9(13)10(14)8-12(11)16(17)18/h7-8,15H,2-6H2,1H3. The number of nitro benzene ring substituents is 1. The number of nitrogens with one attached hydrogen (secondary N) is 1. The minimum atomic E-state index is -0.813. The lowest BCUT2D eigenvalue weighted by atomic mass is 10.2. The molecular weight excluding hydrogens is 291 g/mol. The summed E-state index contributed by atoms with van der Waals surface area (Å²) < 4.78 is 23.3. The second-order valence-corrected chi connectivity index (χ2v) is 4.33. The van der Waals surface area contributed by atoms with Gasteiger partial charge in [-0.25, -0.2) is 4.39 Å². The Hall–Kier alpha value is -1.44. The lowest BCUT2D eigenvalue weighted by molar-refractivity contribution is -0.384. The van der Waals surface area contributed by atoms with Gasteiger partial charge in [-0.3, -0.25) is 10.1 Å². The minimum Gasteiger partial charge on any atom is -0.382 e. The van der Waals surface area contributed by atoms with Gasteiger partial charge in [0.05, 0.1) is 29.2 Å². The molecule has 0 fully saturated rings. The van der Waals surface area contributed by atoms with E-state index in [2.05, 4.69) is 5.32 Å². The number of methoxy groups -OCH3 is 1. The van der Waals surface area contributed by atoms with E-state index < -0.39 is 10.7 Å². The van der Waals surface area contributed by atoms with Gasteiger partial charge in [-0.1, -0.05) is 11.6 Å². The van der Waals surface area contributed by atoms with Crippen LogP contribution in [0.15, 0.2) is 12.1 Å². The number of nitrogens with zero attached hydrogens (tertiary/aromatic N) is 1. The van der Waals surface area contributed by atoms with Gasteiger partial charge < -0.3 is 14.8 Å². The molecule has 0 unspecified atom stereocenters. The molecular formula is C12H16ClFN2O4. The molecule has 0 aliphatic heterocycles. The molecule has 0 amide bonds. The first-order valence-electron chi connectivity index (χ1n) is 6.00. The van der Waals surface area contributed by atoms with Gasteiger partial charge in [0.25, 0.3) is 5.69 Å². The molecule has 6 nitrogen and oxygen atoms in total. The first-order valence-corrected chi connectivity index (χ1v) is 6.38. The van der Waals surface area contributed by atoms with E-state index in [4.69, 9.17) is 21.1 Å². The molecule has 1 aromatic rings. The Kier molecular flexibility index (Phi) is 7.21. The van der Waals surface area contributed by atoms with Crippen LogP contribution >= 0.6 is 11.6 Å². The van der Waals surface area contributed by atoms with Crippen molar-refractivity contribution in [1.29, 1.82) is 0 Å². The van der Waals surface area contributed by atoms with E-state index in [0.29, 0.717) is 32.8 Å². The molecule has 1 aromatic carbocycles.